The number of aliphatic hydroxyl groups is 1. The molecule has 2 N–H and O–H groups in total. The summed E-state index contributed by atoms with van der Waals surface area (Å²) in [6, 6.07) is 11.7. The molecule has 1 aliphatic rings. The van der Waals surface area contributed by atoms with Crippen molar-refractivity contribution in [2.45, 2.75) is 32.0 Å². The van der Waals surface area contributed by atoms with Crippen LogP contribution in [0.1, 0.15) is 24.0 Å². The van der Waals surface area contributed by atoms with Crippen molar-refractivity contribution in [1.29, 1.82) is 0 Å². The van der Waals surface area contributed by atoms with Gasteiger partial charge in [0.2, 0.25) is 5.75 Å². The summed E-state index contributed by atoms with van der Waals surface area (Å²) in [6.45, 7) is 2.61. The largest absolute Gasteiger partial charge is 0.493 e. The van der Waals surface area contributed by atoms with Crippen LogP contribution in [0.5, 0.6) is 17.2 Å². The van der Waals surface area contributed by atoms with E-state index in [9.17, 15) is 5.11 Å². The number of hydrogen-bond acceptors (Lipinski definition) is 7. The molecule has 1 fully saturated rings. The second-order valence-corrected chi connectivity index (χ2v) is 8.53. The summed E-state index contributed by atoms with van der Waals surface area (Å²) in [4.78, 5) is 7.16. The number of benzene rings is 2. The molecular weight excluding hydrogens is 442 g/mol. The van der Waals surface area contributed by atoms with Crippen LogP contribution in [0.3, 0.4) is 0 Å². The molecule has 0 bridgehead atoms. The number of methoxy groups -OCH3 is 3. The van der Waals surface area contributed by atoms with Crippen LogP contribution in [0.4, 0.5) is 5.82 Å². The van der Waals surface area contributed by atoms with E-state index in [0.29, 0.717) is 36.9 Å². The third kappa shape index (κ3) is 4.95. The van der Waals surface area contributed by atoms with E-state index in [2.05, 4.69) is 16.3 Å². The van der Waals surface area contributed by atoms with Gasteiger partial charge in [-0.25, -0.2) is 4.98 Å². The number of nitrogens with one attached hydrogen (secondary N) is 1. The van der Waals surface area contributed by atoms with Gasteiger partial charge in [-0.15, -0.1) is 0 Å². The summed E-state index contributed by atoms with van der Waals surface area (Å²) < 4.78 is 16.8. The highest BCUT2D eigenvalue weighted by atomic mass is 35.5. The molecule has 0 spiro atoms. The molecule has 176 valence electrons. The SMILES string of the molecule is COc1cc2nc(N3CCC[C@@H](O)C3)c(CNCc3ccccc3Cl)cc2c(OC)c1OC. The first-order valence-electron chi connectivity index (χ1n) is 11.1. The zero-order chi connectivity index (χ0) is 23.4. The molecule has 0 saturated carbocycles. The Morgan fingerprint density at radius 3 is 2.52 bits per heavy atom. The molecule has 1 aromatic heterocycles. The van der Waals surface area contributed by atoms with E-state index in [-0.39, 0.29) is 6.10 Å². The van der Waals surface area contributed by atoms with Gasteiger partial charge in [-0.2, -0.15) is 0 Å². The van der Waals surface area contributed by atoms with Gasteiger partial charge in [-0.1, -0.05) is 29.8 Å². The lowest BCUT2D eigenvalue weighted by molar-refractivity contribution is 0.154. The van der Waals surface area contributed by atoms with Crippen LogP contribution in [0, 0.1) is 0 Å². The van der Waals surface area contributed by atoms with Crippen LogP contribution in [0.25, 0.3) is 10.9 Å². The number of ether oxygens (including phenoxy) is 3. The van der Waals surface area contributed by atoms with Crippen LogP contribution < -0.4 is 24.4 Å². The van der Waals surface area contributed by atoms with E-state index in [0.717, 1.165) is 52.3 Å². The average Bonchev–Trinajstić information content (AvgIpc) is 2.83. The van der Waals surface area contributed by atoms with Crippen molar-refractivity contribution in [3.8, 4) is 17.2 Å². The Kier molecular flexibility index (Phi) is 7.42. The minimum atomic E-state index is -0.361. The number of hydrogen-bond donors (Lipinski definition) is 2. The van der Waals surface area contributed by atoms with Crippen LogP contribution in [0.15, 0.2) is 36.4 Å². The van der Waals surface area contributed by atoms with Crippen molar-refractivity contribution in [2.75, 3.05) is 39.3 Å². The van der Waals surface area contributed by atoms with Gasteiger partial charge in [0.25, 0.3) is 0 Å². The maximum atomic E-state index is 10.3. The molecule has 3 aromatic rings. The number of halogens is 1. The lowest BCUT2D eigenvalue weighted by atomic mass is 10.1. The molecule has 0 amide bonds. The average molecular weight is 472 g/mol. The first-order valence-corrected chi connectivity index (χ1v) is 11.4. The normalized spacial score (nSPS) is 16.2. The first-order chi connectivity index (χ1) is 16.0. The molecule has 2 heterocycles. The fourth-order valence-electron chi connectivity index (χ4n) is 4.35. The fraction of sp³-hybridized carbons (Fsp3) is 0.400. The van der Waals surface area contributed by atoms with Crippen molar-refractivity contribution in [3.63, 3.8) is 0 Å². The molecular formula is C25H30ClN3O4. The highest BCUT2D eigenvalue weighted by Crippen LogP contribution is 2.44. The van der Waals surface area contributed by atoms with E-state index < -0.39 is 0 Å². The number of piperidine rings is 1. The standard InChI is InChI=1S/C25H30ClN3O4/c1-31-22-12-21-19(23(32-2)24(22)33-3)11-17(14-27-13-16-7-4-5-9-20(16)26)25(28-21)29-10-6-8-18(30)15-29/h4-5,7,9,11-12,18,27,30H,6,8,10,13-15H2,1-3H3/t18-/m1/s1. The number of anilines is 1. The summed E-state index contributed by atoms with van der Waals surface area (Å²) >= 11 is 6.32. The highest BCUT2D eigenvalue weighted by Gasteiger charge is 2.24. The van der Waals surface area contributed by atoms with Crippen LogP contribution >= 0.6 is 11.6 Å². The topological polar surface area (TPSA) is 76.1 Å². The van der Waals surface area contributed by atoms with Crippen molar-refractivity contribution < 1.29 is 19.3 Å². The monoisotopic (exact) mass is 471 g/mol. The molecule has 33 heavy (non-hydrogen) atoms. The third-order valence-corrected chi connectivity index (χ3v) is 6.33. The van der Waals surface area contributed by atoms with E-state index in [1.165, 1.54) is 0 Å². The number of rotatable bonds is 8. The quantitative estimate of drug-likeness (QED) is 0.510. The summed E-state index contributed by atoms with van der Waals surface area (Å²) in [6.07, 6.45) is 1.37. The van der Waals surface area contributed by atoms with E-state index in [1.54, 1.807) is 21.3 Å². The van der Waals surface area contributed by atoms with Crippen molar-refractivity contribution in [3.05, 3.63) is 52.5 Å². The van der Waals surface area contributed by atoms with Gasteiger partial charge in [0.1, 0.15) is 5.82 Å². The molecule has 1 aliphatic heterocycles. The first kappa shape index (κ1) is 23.4. The highest BCUT2D eigenvalue weighted by molar-refractivity contribution is 6.31. The van der Waals surface area contributed by atoms with E-state index in [4.69, 9.17) is 30.8 Å². The zero-order valence-electron chi connectivity index (χ0n) is 19.2. The van der Waals surface area contributed by atoms with Crippen molar-refractivity contribution in [1.82, 2.24) is 10.3 Å². The maximum absolute atomic E-state index is 10.3. The molecule has 8 heteroatoms. The molecule has 4 rings (SSSR count). The Balaban J connectivity index is 1.75. The summed E-state index contributed by atoms with van der Waals surface area (Å²) in [7, 11) is 4.80. The van der Waals surface area contributed by atoms with Gasteiger partial charge in [0.15, 0.2) is 11.5 Å². The lowest BCUT2D eigenvalue weighted by Crippen LogP contribution is -2.39. The molecule has 0 radical (unpaired) electrons. The van der Waals surface area contributed by atoms with Gasteiger partial charge in [-0.05, 0) is 30.5 Å². The van der Waals surface area contributed by atoms with Gasteiger partial charge in [-0.3, -0.25) is 0 Å². The lowest BCUT2D eigenvalue weighted by Gasteiger charge is -2.32. The Morgan fingerprint density at radius 1 is 1.06 bits per heavy atom. The summed E-state index contributed by atoms with van der Waals surface area (Å²) in [5.74, 6) is 2.52. The number of β-amino-alcohol motifs (C(OH)–C–C–N with tert-alkyl or cyclic N) is 1. The number of aromatic nitrogens is 1. The Hall–Kier alpha value is -2.74. The minimum absolute atomic E-state index is 0.361. The van der Waals surface area contributed by atoms with Gasteiger partial charge in [0, 0.05) is 48.2 Å². The Labute approximate surface area is 199 Å². The van der Waals surface area contributed by atoms with Crippen LogP contribution in [-0.4, -0.2) is 50.6 Å². The summed E-state index contributed by atoms with van der Waals surface area (Å²) in [5, 5.41) is 15.3. The predicted octanol–water partition coefficient (Wildman–Crippen LogP) is 4.16. The number of aliphatic hydroxyl groups excluding tert-OH is 1. The number of fused-ring (bicyclic) bond motifs is 1. The molecule has 0 unspecified atom stereocenters. The maximum Gasteiger partial charge on any atom is 0.204 e. The van der Waals surface area contributed by atoms with Crippen molar-refractivity contribution in [2.24, 2.45) is 0 Å². The van der Waals surface area contributed by atoms with Gasteiger partial charge < -0.3 is 29.5 Å². The predicted molar refractivity (Wildman–Crippen MR) is 131 cm³/mol. The molecule has 1 saturated heterocycles. The van der Waals surface area contributed by atoms with E-state index in [1.807, 2.05) is 30.3 Å². The zero-order valence-corrected chi connectivity index (χ0v) is 20.0. The van der Waals surface area contributed by atoms with Crippen molar-refractivity contribution >= 4 is 28.3 Å². The van der Waals surface area contributed by atoms with Crippen LogP contribution in [0.2, 0.25) is 5.02 Å². The smallest absolute Gasteiger partial charge is 0.204 e. The fourth-order valence-corrected chi connectivity index (χ4v) is 4.55. The second-order valence-electron chi connectivity index (χ2n) is 8.12. The number of pyridine rings is 1. The van der Waals surface area contributed by atoms with Crippen LogP contribution in [-0.2, 0) is 13.1 Å². The Bertz CT molecular complexity index is 1120. The molecule has 1 atom stereocenters. The van der Waals surface area contributed by atoms with Gasteiger partial charge in [0.05, 0.1) is 33.0 Å². The number of nitrogens with zero attached hydrogens (tertiary/aromatic N) is 2. The third-order valence-electron chi connectivity index (χ3n) is 5.96. The molecule has 2 aromatic carbocycles. The minimum Gasteiger partial charge on any atom is -0.493 e. The molecule has 7 nitrogen and oxygen atoms in total. The second kappa shape index (κ2) is 10.5. The van der Waals surface area contributed by atoms with E-state index >= 15 is 0 Å². The Morgan fingerprint density at radius 2 is 1.82 bits per heavy atom. The van der Waals surface area contributed by atoms with Gasteiger partial charge >= 0.3 is 0 Å². The summed E-state index contributed by atoms with van der Waals surface area (Å²) in [5.41, 5.74) is 2.79. The molecule has 0 aliphatic carbocycles.